The van der Waals surface area contributed by atoms with Crippen LogP contribution in [0.2, 0.25) is 5.02 Å². The molecule has 0 radical (unpaired) electrons. The third-order valence-electron chi connectivity index (χ3n) is 10.2. The molecule has 4 aromatic carbocycles. The largest absolute Gasteiger partial charge is 0.489 e. The van der Waals surface area contributed by atoms with Crippen molar-refractivity contribution in [3.63, 3.8) is 0 Å². The van der Waals surface area contributed by atoms with Crippen LogP contribution in [0.5, 0.6) is 5.75 Å². The van der Waals surface area contributed by atoms with Crippen LogP contribution in [0.4, 0.5) is 0 Å². The van der Waals surface area contributed by atoms with E-state index in [0.29, 0.717) is 40.4 Å². The number of aromatic carboxylic acids is 1. The van der Waals surface area contributed by atoms with Crippen molar-refractivity contribution >= 4 is 34.5 Å². The number of carbonyl (C=O) groups excluding carboxylic acids is 1. The van der Waals surface area contributed by atoms with Gasteiger partial charge in [0.05, 0.1) is 16.6 Å². The number of carboxylic acid groups (broad SMARTS) is 1. The van der Waals surface area contributed by atoms with E-state index in [-0.39, 0.29) is 18.1 Å². The summed E-state index contributed by atoms with van der Waals surface area (Å²) in [6.45, 7) is 0.991. The number of fused-ring (bicyclic) bond motifs is 1. The number of halogens is 1. The highest BCUT2D eigenvalue weighted by Crippen LogP contribution is 2.37. The van der Waals surface area contributed by atoms with Crippen LogP contribution < -0.4 is 10.1 Å². The first kappa shape index (κ1) is 32.9. The summed E-state index contributed by atoms with van der Waals surface area (Å²) in [5, 5.41) is 13.4. The monoisotopic (exact) mass is 675 g/mol. The maximum atomic E-state index is 13.2. The van der Waals surface area contributed by atoms with E-state index in [9.17, 15) is 14.7 Å². The van der Waals surface area contributed by atoms with Gasteiger partial charge in [0.2, 0.25) is 0 Å². The van der Waals surface area contributed by atoms with Gasteiger partial charge in [-0.15, -0.1) is 0 Å². The number of nitrogens with zero attached hydrogens (tertiary/aromatic N) is 2. The third kappa shape index (κ3) is 7.52. The van der Waals surface area contributed by atoms with E-state index in [1.165, 1.54) is 51.4 Å². The number of carboxylic acids is 1. The number of hydrogen-bond acceptors (Lipinski definition) is 4. The van der Waals surface area contributed by atoms with Crippen LogP contribution in [-0.2, 0) is 6.61 Å². The van der Waals surface area contributed by atoms with Gasteiger partial charge in [0, 0.05) is 28.7 Å². The van der Waals surface area contributed by atoms with Crippen molar-refractivity contribution in [2.45, 2.75) is 76.9 Å². The molecule has 1 heterocycles. The lowest BCUT2D eigenvalue weighted by molar-refractivity contribution is 0.0696. The molecule has 2 N–H and O–H groups in total. The number of imidazole rings is 1. The molecule has 7 nitrogen and oxygen atoms in total. The second kappa shape index (κ2) is 14.9. The molecular weight excluding hydrogens is 634 g/mol. The van der Waals surface area contributed by atoms with Gasteiger partial charge < -0.3 is 19.7 Å². The zero-order valence-corrected chi connectivity index (χ0v) is 28.4. The van der Waals surface area contributed by atoms with Gasteiger partial charge in [0.15, 0.2) is 0 Å². The maximum absolute atomic E-state index is 13.2. The molecule has 0 bridgehead atoms. The molecule has 0 atom stereocenters. The van der Waals surface area contributed by atoms with E-state index in [1.807, 2.05) is 72.8 Å². The Labute approximate surface area is 292 Å². The van der Waals surface area contributed by atoms with Crippen molar-refractivity contribution in [3.05, 3.63) is 107 Å². The number of carbonyl (C=O) groups is 2. The van der Waals surface area contributed by atoms with Gasteiger partial charge in [0.1, 0.15) is 18.2 Å². The van der Waals surface area contributed by atoms with E-state index >= 15 is 0 Å². The quantitative estimate of drug-likeness (QED) is 0.154. The van der Waals surface area contributed by atoms with Gasteiger partial charge in [-0.05, 0) is 115 Å². The summed E-state index contributed by atoms with van der Waals surface area (Å²) in [7, 11) is 0. The molecule has 1 aromatic heterocycles. The number of benzene rings is 4. The van der Waals surface area contributed by atoms with Crippen LogP contribution in [-0.4, -0.2) is 33.1 Å². The Morgan fingerprint density at radius 1 is 0.796 bits per heavy atom. The highest BCUT2D eigenvalue weighted by Gasteiger charge is 2.23. The van der Waals surface area contributed by atoms with Gasteiger partial charge in [-0.2, -0.15) is 0 Å². The lowest BCUT2D eigenvalue weighted by Gasteiger charge is -2.25. The Morgan fingerprint density at radius 3 is 2.18 bits per heavy atom. The Balaban J connectivity index is 1.13. The summed E-state index contributed by atoms with van der Waals surface area (Å²) in [6.07, 6.45) is 11.9. The summed E-state index contributed by atoms with van der Waals surface area (Å²) in [6, 6.07) is 27.0. The zero-order valence-electron chi connectivity index (χ0n) is 27.7. The average Bonchev–Trinajstić information content (AvgIpc) is 3.53. The molecule has 1 amide bonds. The molecule has 0 aliphatic heterocycles. The first-order valence-electron chi connectivity index (χ1n) is 17.6. The molecular formula is C41H42ClN3O4. The van der Waals surface area contributed by atoms with E-state index in [1.54, 1.807) is 12.1 Å². The Hall–Kier alpha value is -4.62. The first-order valence-corrected chi connectivity index (χ1v) is 18.0. The van der Waals surface area contributed by atoms with E-state index in [2.05, 4.69) is 9.88 Å². The predicted molar refractivity (Wildman–Crippen MR) is 194 cm³/mol. The lowest BCUT2D eigenvalue weighted by atomic mass is 9.89. The van der Waals surface area contributed by atoms with Crippen LogP contribution in [0.25, 0.3) is 33.5 Å². The summed E-state index contributed by atoms with van der Waals surface area (Å²) in [4.78, 5) is 29.9. The summed E-state index contributed by atoms with van der Waals surface area (Å²) >= 11 is 6.19. The van der Waals surface area contributed by atoms with Crippen molar-refractivity contribution in [2.75, 3.05) is 6.54 Å². The summed E-state index contributed by atoms with van der Waals surface area (Å²) in [5.41, 5.74) is 6.35. The smallest absolute Gasteiger partial charge is 0.335 e. The van der Waals surface area contributed by atoms with Crippen LogP contribution in [0.1, 0.15) is 96.5 Å². The SMILES string of the molecule is O=C(O)c1ccc2c(c1)nc(-c1ccc(OCc3cc(C(=O)NCC4CCCCC4)ccc3-c3ccc(Cl)cc3)cc1)n2C1CCCCC1. The fourth-order valence-corrected chi connectivity index (χ4v) is 7.63. The molecule has 2 aliphatic carbocycles. The number of rotatable bonds is 10. The minimum absolute atomic E-state index is 0.0600. The second-order valence-electron chi connectivity index (χ2n) is 13.5. The number of ether oxygens (including phenoxy) is 1. The number of aromatic nitrogens is 2. The molecule has 2 fully saturated rings. The Kier molecular flexibility index (Phi) is 9.99. The molecule has 0 saturated heterocycles. The molecule has 0 spiro atoms. The Bertz CT molecular complexity index is 1940. The number of nitrogens with one attached hydrogen (secondary N) is 1. The molecule has 49 heavy (non-hydrogen) atoms. The van der Waals surface area contributed by atoms with Gasteiger partial charge in [-0.1, -0.05) is 68.3 Å². The van der Waals surface area contributed by atoms with E-state index in [0.717, 1.165) is 46.4 Å². The highest BCUT2D eigenvalue weighted by molar-refractivity contribution is 6.30. The molecule has 5 aromatic rings. The molecule has 0 unspecified atom stereocenters. The van der Waals surface area contributed by atoms with Gasteiger partial charge in [0.25, 0.3) is 5.91 Å². The highest BCUT2D eigenvalue weighted by atomic mass is 35.5. The topological polar surface area (TPSA) is 93.5 Å². The fourth-order valence-electron chi connectivity index (χ4n) is 7.50. The maximum Gasteiger partial charge on any atom is 0.335 e. The lowest BCUT2D eigenvalue weighted by Crippen LogP contribution is -2.30. The molecule has 7 rings (SSSR count). The second-order valence-corrected chi connectivity index (χ2v) is 13.9. The summed E-state index contributed by atoms with van der Waals surface area (Å²) < 4.78 is 8.66. The molecule has 2 saturated carbocycles. The predicted octanol–water partition coefficient (Wildman–Crippen LogP) is 10.1. The van der Waals surface area contributed by atoms with Crippen molar-refractivity contribution < 1.29 is 19.4 Å². The minimum atomic E-state index is -0.956. The van der Waals surface area contributed by atoms with Crippen molar-refractivity contribution in [1.82, 2.24) is 14.9 Å². The van der Waals surface area contributed by atoms with Crippen molar-refractivity contribution in [3.8, 4) is 28.3 Å². The van der Waals surface area contributed by atoms with Crippen LogP contribution >= 0.6 is 11.6 Å². The van der Waals surface area contributed by atoms with Crippen LogP contribution in [0.15, 0.2) is 84.9 Å². The Morgan fingerprint density at radius 2 is 1.47 bits per heavy atom. The van der Waals surface area contributed by atoms with Gasteiger partial charge in [-0.25, -0.2) is 9.78 Å². The minimum Gasteiger partial charge on any atom is -0.489 e. The number of amides is 1. The fraction of sp³-hybridized carbons (Fsp3) is 0.341. The normalized spacial score (nSPS) is 15.7. The summed E-state index contributed by atoms with van der Waals surface area (Å²) in [5.74, 6) is 1.08. The van der Waals surface area contributed by atoms with Gasteiger partial charge >= 0.3 is 5.97 Å². The van der Waals surface area contributed by atoms with E-state index in [4.69, 9.17) is 21.3 Å². The standard InChI is InChI=1S/C41H42ClN3O4/c42-33-17-11-28(12-18-33)36-21-15-30(40(46)43-25-27-7-3-1-4-8-27)23-32(36)26-49-35-19-13-29(14-20-35)39-44-37-24-31(41(47)48)16-22-38(37)45(39)34-9-5-2-6-10-34/h11-24,27,34H,1-10,25-26H2,(H,43,46)(H,47,48). The first-order chi connectivity index (χ1) is 23.9. The number of hydrogen-bond donors (Lipinski definition) is 2. The van der Waals surface area contributed by atoms with Crippen molar-refractivity contribution in [2.24, 2.45) is 5.92 Å². The van der Waals surface area contributed by atoms with Gasteiger partial charge in [-0.3, -0.25) is 4.79 Å². The van der Waals surface area contributed by atoms with Crippen molar-refractivity contribution in [1.29, 1.82) is 0 Å². The van der Waals surface area contributed by atoms with E-state index < -0.39 is 5.97 Å². The average molecular weight is 676 g/mol. The molecule has 2 aliphatic rings. The van der Waals surface area contributed by atoms with Crippen LogP contribution in [0, 0.1) is 5.92 Å². The molecule has 252 valence electrons. The third-order valence-corrected chi connectivity index (χ3v) is 10.4. The molecule has 8 heteroatoms. The van der Waals surface area contributed by atoms with Crippen LogP contribution in [0.3, 0.4) is 0 Å². The zero-order chi connectivity index (χ0) is 33.7.